The molecule has 1 aromatic heterocycles. The summed E-state index contributed by atoms with van der Waals surface area (Å²) in [5.74, 6) is 0.668. The number of nitrogens with zero attached hydrogens (tertiary/aromatic N) is 3. The predicted octanol–water partition coefficient (Wildman–Crippen LogP) is 1.85. The molecule has 4 nitrogen and oxygen atoms in total. The third-order valence-electron chi connectivity index (χ3n) is 2.97. The molecule has 17 heavy (non-hydrogen) atoms. The lowest BCUT2D eigenvalue weighted by atomic mass is 10.3. The number of aromatic nitrogens is 2. The third-order valence-corrected chi connectivity index (χ3v) is 3.23. The fourth-order valence-corrected chi connectivity index (χ4v) is 2.36. The quantitative estimate of drug-likeness (QED) is 0.838. The molecule has 0 aliphatic carbocycles. The van der Waals surface area contributed by atoms with E-state index in [0.717, 1.165) is 24.0 Å². The molecule has 2 aromatic rings. The van der Waals surface area contributed by atoms with Gasteiger partial charge in [-0.15, -0.1) is 0 Å². The van der Waals surface area contributed by atoms with Gasteiger partial charge in [-0.25, -0.2) is 9.97 Å². The van der Waals surface area contributed by atoms with E-state index in [1.54, 1.807) is 0 Å². The molecule has 1 aliphatic heterocycles. The zero-order chi connectivity index (χ0) is 11.8. The minimum Gasteiger partial charge on any atom is -0.391 e. The molecular formula is C12H12ClN3O. The molecule has 88 valence electrons. The molecule has 2 heterocycles. The van der Waals surface area contributed by atoms with Gasteiger partial charge in [0.25, 0.3) is 0 Å². The molecule has 1 saturated heterocycles. The highest BCUT2D eigenvalue weighted by atomic mass is 35.5. The number of anilines is 1. The van der Waals surface area contributed by atoms with Crippen LogP contribution in [0, 0.1) is 0 Å². The molecule has 1 N–H and O–H groups in total. The summed E-state index contributed by atoms with van der Waals surface area (Å²) in [6, 6.07) is 7.63. The van der Waals surface area contributed by atoms with E-state index in [1.807, 2.05) is 29.2 Å². The van der Waals surface area contributed by atoms with Gasteiger partial charge in [-0.05, 0) is 18.6 Å². The topological polar surface area (TPSA) is 49.2 Å². The SMILES string of the molecule is O[C@@H]1CCN(c2nc3ccccc3nc2Cl)C1. The average molecular weight is 250 g/mol. The lowest BCUT2D eigenvalue weighted by Gasteiger charge is -2.17. The molecule has 0 unspecified atom stereocenters. The smallest absolute Gasteiger partial charge is 0.172 e. The van der Waals surface area contributed by atoms with Gasteiger partial charge in [-0.2, -0.15) is 0 Å². The third kappa shape index (κ3) is 1.94. The van der Waals surface area contributed by atoms with Crippen molar-refractivity contribution in [2.75, 3.05) is 18.0 Å². The predicted molar refractivity (Wildman–Crippen MR) is 67.4 cm³/mol. The van der Waals surface area contributed by atoms with E-state index in [0.29, 0.717) is 17.5 Å². The summed E-state index contributed by atoms with van der Waals surface area (Å²) in [4.78, 5) is 10.8. The first-order valence-corrected chi connectivity index (χ1v) is 5.97. The van der Waals surface area contributed by atoms with E-state index in [2.05, 4.69) is 9.97 Å². The van der Waals surface area contributed by atoms with Crippen molar-refractivity contribution >= 4 is 28.5 Å². The lowest BCUT2D eigenvalue weighted by Crippen LogP contribution is -2.22. The lowest BCUT2D eigenvalue weighted by molar-refractivity contribution is 0.198. The maximum Gasteiger partial charge on any atom is 0.172 e. The minimum atomic E-state index is -0.292. The fourth-order valence-electron chi connectivity index (χ4n) is 2.10. The van der Waals surface area contributed by atoms with Crippen molar-refractivity contribution in [3.8, 4) is 0 Å². The van der Waals surface area contributed by atoms with E-state index in [4.69, 9.17) is 11.6 Å². The number of benzene rings is 1. The van der Waals surface area contributed by atoms with Crippen molar-refractivity contribution in [2.45, 2.75) is 12.5 Å². The summed E-state index contributed by atoms with van der Waals surface area (Å²) < 4.78 is 0. The summed E-state index contributed by atoms with van der Waals surface area (Å²) in [6.07, 6.45) is 0.463. The van der Waals surface area contributed by atoms with E-state index >= 15 is 0 Å². The van der Waals surface area contributed by atoms with Crippen LogP contribution in [0.15, 0.2) is 24.3 Å². The molecule has 1 fully saturated rings. The number of aliphatic hydroxyl groups is 1. The van der Waals surface area contributed by atoms with Crippen LogP contribution in [0.2, 0.25) is 5.15 Å². The Morgan fingerprint density at radius 3 is 2.59 bits per heavy atom. The van der Waals surface area contributed by atoms with E-state index in [1.165, 1.54) is 0 Å². The van der Waals surface area contributed by atoms with Crippen LogP contribution in [0.5, 0.6) is 0 Å². The zero-order valence-electron chi connectivity index (χ0n) is 9.17. The van der Waals surface area contributed by atoms with Crippen LogP contribution >= 0.6 is 11.6 Å². The fraction of sp³-hybridized carbons (Fsp3) is 0.333. The normalized spacial score (nSPS) is 20.1. The van der Waals surface area contributed by atoms with Gasteiger partial charge in [0.1, 0.15) is 0 Å². The van der Waals surface area contributed by atoms with Gasteiger partial charge in [0.05, 0.1) is 17.1 Å². The van der Waals surface area contributed by atoms with Crippen molar-refractivity contribution in [1.29, 1.82) is 0 Å². The molecule has 0 bridgehead atoms. The maximum atomic E-state index is 9.53. The van der Waals surface area contributed by atoms with Gasteiger partial charge in [0.15, 0.2) is 11.0 Å². The Balaban J connectivity index is 2.07. The summed E-state index contributed by atoms with van der Waals surface area (Å²) in [6.45, 7) is 1.35. The summed E-state index contributed by atoms with van der Waals surface area (Å²) in [5.41, 5.74) is 1.62. The Morgan fingerprint density at radius 1 is 1.24 bits per heavy atom. The second-order valence-corrected chi connectivity index (χ2v) is 4.57. The standard InChI is InChI=1S/C12H12ClN3O/c13-11-12(16-6-5-8(17)7-16)15-10-4-2-1-3-9(10)14-11/h1-4,8,17H,5-7H2/t8-/m1/s1. The van der Waals surface area contributed by atoms with Crippen molar-refractivity contribution < 1.29 is 5.11 Å². The molecule has 0 radical (unpaired) electrons. The van der Waals surface area contributed by atoms with Gasteiger partial charge in [0.2, 0.25) is 0 Å². The van der Waals surface area contributed by atoms with Gasteiger partial charge in [-0.1, -0.05) is 23.7 Å². The monoisotopic (exact) mass is 249 g/mol. The van der Waals surface area contributed by atoms with Crippen molar-refractivity contribution in [3.05, 3.63) is 29.4 Å². The van der Waals surface area contributed by atoms with Crippen LogP contribution in [-0.2, 0) is 0 Å². The van der Waals surface area contributed by atoms with Gasteiger partial charge in [0, 0.05) is 13.1 Å². The summed E-state index contributed by atoms with van der Waals surface area (Å²) in [7, 11) is 0. The Bertz CT molecular complexity index is 560. The largest absolute Gasteiger partial charge is 0.391 e. The molecule has 0 spiro atoms. The van der Waals surface area contributed by atoms with Crippen molar-refractivity contribution in [1.82, 2.24) is 9.97 Å². The number of halogens is 1. The first-order valence-electron chi connectivity index (χ1n) is 5.59. The van der Waals surface area contributed by atoms with E-state index in [9.17, 15) is 5.11 Å². The number of para-hydroxylation sites is 2. The number of rotatable bonds is 1. The van der Waals surface area contributed by atoms with Crippen LogP contribution < -0.4 is 4.90 Å². The highest BCUT2D eigenvalue weighted by Gasteiger charge is 2.24. The number of hydrogen-bond acceptors (Lipinski definition) is 4. The average Bonchev–Trinajstić information content (AvgIpc) is 2.75. The molecule has 1 aliphatic rings. The molecule has 0 amide bonds. The molecule has 5 heteroatoms. The zero-order valence-corrected chi connectivity index (χ0v) is 9.93. The number of β-amino-alcohol motifs (C(OH)–C–C–N with tert-alkyl or cyclic N) is 1. The van der Waals surface area contributed by atoms with Crippen LogP contribution in [0.25, 0.3) is 11.0 Å². The molecule has 1 atom stereocenters. The molecule has 0 saturated carbocycles. The summed E-state index contributed by atoms with van der Waals surface area (Å²) >= 11 is 6.13. The highest BCUT2D eigenvalue weighted by molar-refractivity contribution is 6.32. The second-order valence-electron chi connectivity index (χ2n) is 4.22. The number of fused-ring (bicyclic) bond motifs is 1. The van der Waals surface area contributed by atoms with Gasteiger partial charge in [-0.3, -0.25) is 0 Å². The Kier molecular flexibility index (Phi) is 2.61. The van der Waals surface area contributed by atoms with Crippen LogP contribution in [0.1, 0.15) is 6.42 Å². The maximum absolute atomic E-state index is 9.53. The summed E-state index contributed by atoms with van der Waals surface area (Å²) in [5, 5.41) is 9.93. The second kappa shape index (κ2) is 4.13. The Morgan fingerprint density at radius 2 is 1.94 bits per heavy atom. The van der Waals surface area contributed by atoms with Crippen LogP contribution in [-0.4, -0.2) is 34.3 Å². The number of hydrogen-bond donors (Lipinski definition) is 1. The van der Waals surface area contributed by atoms with E-state index < -0.39 is 0 Å². The highest BCUT2D eigenvalue weighted by Crippen LogP contribution is 2.27. The van der Waals surface area contributed by atoms with Crippen molar-refractivity contribution in [2.24, 2.45) is 0 Å². The first-order chi connectivity index (χ1) is 8.24. The van der Waals surface area contributed by atoms with E-state index in [-0.39, 0.29) is 6.10 Å². The Labute approximate surface area is 104 Å². The van der Waals surface area contributed by atoms with Gasteiger partial charge >= 0.3 is 0 Å². The first kappa shape index (κ1) is 10.7. The van der Waals surface area contributed by atoms with Crippen molar-refractivity contribution in [3.63, 3.8) is 0 Å². The van der Waals surface area contributed by atoms with Gasteiger partial charge < -0.3 is 10.0 Å². The molecule has 3 rings (SSSR count). The molecular weight excluding hydrogens is 238 g/mol. The van der Waals surface area contributed by atoms with Crippen LogP contribution in [0.4, 0.5) is 5.82 Å². The molecule has 1 aromatic carbocycles. The number of aliphatic hydroxyl groups excluding tert-OH is 1. The Hall–Kier alpha value is -1.39. The van der Waals surface area contributed by atoms with Crippen LogP contribution in [0.3, 0.4) is 0 Å². The minimum absolute atomic E-state index is 0.292.